The SMILES string of the molecule is CCNC(=NCC(C)c1c(C)noc1C)N1CCN(CCOc2ccccc2)CC1.I. The van der Waals surface area contributed by atoms with Gasteiger partial charge in [0.1, 0.15) is 18.1 Å². The van der Waals surface area contributed by atoms with Crippen molar-refractivity contribution in [3.05, 3.63) is 47.3 Å². The molecule has 0 spiro atoms. The Morgan fingerprint density at radius 1 is 1.19 bits per heavy atom. The summed E-state index contributed by atoms with van der Waals surface area (Å²) in [6.45, 7) is 15.5. The van der Waals surface area contributed by atoms with Crippen LogP contribution in [0.5, 0.6) is 5.75 Å². The van der Waals surface area contributed by atoms with E-state index in [2.05, 4.69) is 34.1 Å². The van der Waals surface area contributed by atoms with E-state index in [1.54, 1.807) is 0 Å². The van der Waals surface area contributed by atoms with Crippen molar-refractivity contribution >= 4 is 29.9 Å². The highest BCUT2D eigenvalue weighted by Crippen LogP contribution is 2.23. The van der Waals surface area contributed by atoms with Crippen LogP contribution in [0.4, 0.5) is 0 Å². The number of piperazine rings is 1. The second-order valence-electron chi connectivity index (χ2n) is 7.82. The Bertz CT molecular complexity index is 784. The van der Waals surface area contributed by atoms with Gasteiger partial charge in [-0.1, -0.05) is 30.3 Å². The second-order valence-corrected chi connectivity index (χ2v) is 7.82. The number of halogens is 1. The molecule has 172 valence electrons. The number of para-hydroxylation sites is 1. The Balaban J connectivity index is 0.00000341. The van der Waals surface area contributed by atoms with Gasteiger partial charge in [0.25, 0.3) is 0 Å². The average Bonchev–Trinajstić information content (AvgIpc) is 3.10. The van der Waals surface area contributed by atoms with Crippen molar-refractivity contribution in [3.8, 4) is 5.75 Å². The van der Waals surface area contributed by atoms with Crippen LogP contribution in [-0.2, 0) is 0 Å². The van der Waals surface area contributed by atoms with Gasteiger partial charge in [-0.3, -0.25) is 9.89 Å². The Morgan fingerprint density at radius 3 is 2.52 bits per heavy atom. The van der Waals surface area contributed by atoms with E-state index in [1.807, 2.05) is 44.2 Å². The predicted octanol–water partition coefficient (Wildman–Crippen LogP) is 3.68. The highest BCUT2D eigenvalue weighted by Gasteiger charge is 2.21. The van der Waals surface area contributed by atoms with E-state index in [0.29, 0.717) is 6.61 Å². The first kappa shape index (κ1) is 25.5. The zero-order valence-corrected chi connectivity index (χ0v) is 21.5. The molecule has 8 heteroatoms. The number of hydrogen-bond acceptors (Lipinski definition) is 5. The van der Waals surface area contributed by atoms with Gasteiger partial charge < -0.3 is 19.5 Å². The lowest BCUT2D eigenvalue weighted by molar-refractivity contribution is 0.152. The fourth-order valence-corrected chi connectivity index (χ4v) is 3.93. The fourth-order valence-electron chi connectivity index (χ4n) is 3.93. The Morgan fingerprint density at radius 2 is 1.90 bits per heavy atom. The van der Waals surface area contributed by atoms with Gasteiger partial charge in [0.15, 0.2) is 5.96 Å². The molecule has 1 aromatic carbocycles. The number of aromatic nitrogens is 1. The minimum Gasteiger partial charge on any atom is -0.492 e. The molecule has 2 heterocycles. The lowest BCUT2D eigenvalue weighted by atomic mass is 10.00. The fraction of sp³-hybridized carbons (Fsp3) is 0.565. The van der Waals surface area contributed by atoms with Gasteiger partial charge in [-0.25, -0.2) is 0 Å². The summed E-state index contributed by atoms with van der Waals surface area (Å²) in [5.74, 6) is 3.11. The number of rotatable bonds is 8. The molecular formula is C23H36IN5O2. The van der Waals surface area contributed by atoms with Crippen LogP contribution in [0.1, 0.15) is 36.8 Å². The van der Waals surface area contributed by atoms with Crippen molar-refractivity contribution in [2.45, 2.75) is 33.6 Å². The second kappa shape index (κ2) is 12.9. The van der Waals surface area contributed by atoms with E-state index in [9.17, 15) is 0 Å². The van der Waals surface area contributed by atoms with Crippen molar-refractivity contribution in [1.82, 2.24) is 20.3 Å². The van der Waals surface area contributed by atoms with Crippen LogP contribution in [0.2, 0.25) is 0 Å². The molecule has 1 N–H and O–H groups in total. The van der Waals surface area contributed by atoms with E-state index in [1.165, 1.54) is 5.56 Å². The van der Waals surface area contributed by atoms with Crippen LogP contribution in [0.15, 0.2) is 39.8 Å². The number of hydrogen-bond donors (Lipinski definition) is 1. The summed E-state index contributed by atoms with van der Waals surface area (Å²) in [4.78, 5) is 9.73. The highest BCUT2D eigenvalue weighted by molar-refractivity contribution is 14.0. The molecule has 0 radical (unpaired) electrons. The van der Waals surface area contributed by atoms with Crippen molar-refractivity contribution in [2.24, 2.45) is 4.99 Å². The summed E-state index contributed by atoms with van der Waals surface area (Å²) in [5, 5.41) is 7.53. The molecule has 31 heavy (non-hydrogen) atoms. The number of benzene rings is 1. The molecule has 1 aliphatic rings. The quantitative estimate of drug-likeness (QED) is 0.313. The average molecular weight is 541 g/mol. The zero-order valence-electron chi connectivity index (χ0n) is 19.1. The molecule has 1 unspecified atom stereocenters. The number of nitrogens with zero attached hydrogens (tertiary/aromatic N) is 4. The maximum Gasteiger partial charge on any atom is 0.194 e. The topological polar surface area (TPSA) is 66.1 Å². The smallest absolute Gasteiger partial charge is 0.194 e. The minimum absolute atomic E-state index is 0. The molecule has 1 aromatic heterocycles. The Labute approximate surface area is 203 Å². The van der Waals surface area contributed by atoms with Crippen molar-refractivity contribution in [1.29, 1.82) is 0 Å². The third-order valence-corrected chi connectivity index (χ3v) is 5.52. The molecule has 0 amide bonds. The molecule has 3 rings (SSSR count). The number of aliphatic imine (C=N–C) groups is 1. The van der Waals surface area contributed by atoms with E-state index < -0.39 is 0 Å². The molecule has 1 saturated heterocycles. The maximum absolute atomic E-state index is 5.84. The third-order valence-electron chi connectivity index (χ3n) is 5.52. The first-order valence-corrected chi connectivity index (χ1v) is 10.9. The number of aryl methyl sites for hydroxylation is 2. The molecule has 1 atom stereocenters. The number of nitrogens with one attached hydrogen (secondary N) is 1. The molecule has 0 aliphatic carbocycles. The van der Waals surface area contributed by atoms with Crippen LogP contribution in [0.3, 0.4) is 0 Å². The molecule has 2 aromatic rings. The summed E-state index contributed by atoms with van der Waals surface area (Å²) in [6, 6.07) is 10.0. The van der Waals surface area contributed by atoms with E-state index in [-0.39, 0.29) is 29.9 Å². The highest BCUT2D eigenvalue weighted by atomic mass is 127. The van der Waals surface area contributed by atoms with Crippen LogP contribution in [0, 0.1) is 13.8 Å². The van der Waals surface area contributed by atoms with Gasteiger partial charge >= 0.3 is 0 Å². The van der Waals surface area contributed by atoms with E-state index in [4.69, 9.17) is 14.3 Å². The first-order chi connectivity index (χ1) is 14.6. The zero-order chi connectivity index (χ0) is 21.3. The molecular weight excluding hydrogens is 505 g/mol. The lowest BCUT2D eigenvalue weighted by Gasteiger charge is -2.36. The number of guanidine groups is 1. The largest absolute Gasteiger partial charge is 0.492 e. The Kier molecular flexibility index (Phi) is 10.6. The van der Waals surface area contributed by atoms with Crippen molar-refractivity contribution in [3.63, 3.8) is 0 Å². The summed E-state index contributed by atoms with van der Waals surface area (Å²) >= 11 is 0. The molecule has 0 bridgehead atoms. The normalized spacial score (nSPS) is 16.0. The Hall–Kier alpha value is -1.81. The summed E-state index contributed by atoms with van der Waals surface area (Å²) < 4.78 is 11.2. The van der Waals surface area contributed by atoms with Gasteiger partial charge in [0.2, 0.25) is 0 Å². The molecule has 1 aliphatic heterocycles. The van der Waals surface area contributed by atoms with Crippen LogP contribution in [-0.4, -0.2) is 73.3 Å². The van der Waals surface area contributed by atoms with Crippen LogP contribution >= 0.6 is 24.0 Å². The minimum atomic E-state index is 0. The predicted molar refractivity (Wildman–Crippen MR) is 136 cm³/mol. The van der Waals surface area contributed by atoms with Crippen LogP contribution < -0.4 is 10.1 Å². The molecule has 7 nitrogen and oxygen atoms in total. The summed E-state index contributed by atoms with van der Waals surface area (Å²) in [6.07, 6.45) is 0. The van der Waals surface area contributed by atoms with Gasteiger partial charge in [-0.05, 0) is 32.9 Å². The van der Waals surface area contributed by atoms with Crippen molar-refractivity contribution in [2.75, 3.05) is 52.4 Å². The third kappa shape index (κ3) is 7.38. The van der Waals surface area contributed by atoms with E-state index >= 15 is 0 Å². The van der Waals surface area contributed by atoms with Gasteiger partial charge in [0, 0.05) is 57.3 Å². The standard InChI is InChI=1S/C23H35N5O2.HI/c1-5-24-23(25-17-18(2)22-19(3)26-30-20(22)4)28-13-11-27(12-14-28)15-16-29-21-9-7-6-8-10-21;/h6-10,18H,5,11-17H2,1-4H3,(H,24,25);1H. The summed E-state index contributed by atoms with van der Waals surface area (Å²) in [7, 11) is 0. The maximum atomic E-state index is 5.84. The molecule has 1 fully saturated rings. The lowest BCUT2D eigenvalue weighted by Crippen LogP contribution is -2.53. The number of ether oxygens (including phenoxy) is 1. The van der Waals surface area contributed by atoms with Gasteiger partial charge in [-0.15, -0.1) is 24.0 Å². The van der Waals surface area contributed by atoms with Gasteiger partial charge in [0.05, 0.1) is 5.69 Å². The van der Waals surface area contributed by atoms with E-state index in [0.717, 1.165) is 69.0 Å². The first-order valence-electron chi connectivity index (χ1n) is 10.9. The van der Waals surface area contributed by atoms with Crippen molar-refractivity contribution < 1.29 is 9.26 Å². The monoisotopic (exact) mass is 541 g/mol. The summed E-state index contributed by atoms with van der Waals surface area (Å²) in [5.41, 5.74) is 2.14. The van der Waals surface area contributed by atoms with Crippen LogP contribution in [0.25, 0.3) is 0 Å². The molecule has 0 saturated carbocycles. The van der Waals surface area contributed by atoms with Gasteiger partial charge in [-0.2, -0.15) is 0 Å².